The molecular formula is C17H26O. The molecule has 1 rings (SSSR count). The van der Waals surface area contributed by atoms with Gasteiger partial charge in [0, 0.05) is 12.3 Å². The van der Waals surface area contributed by atoms with Crippen LogP contribution in [0.25, 0.3) is 0 Å². The summed E-state index contributed by atoms with van der Waals surface area (Å²) in [5.74, 6) is 1.83. The molecule has 100 valence electrons. The van der Waals surface area contributed by atoms with Crippen LogP contribution in [0.1, 0.15) is 51.2 Å². The molecule has 0 spiro atoms. The van der Waals surface area contributed by atoms with Gasteiger partial charge in [0.25, 0.3) is 0 Å². The van der Waals surface area contributed by atoms with Crippen molar-refractivity contribution in [2.75, 3.05) is 0 Å². The lowest BCUT2D eigenvalue weighted by Crippen LogP contribution is -2.23. The van der Waals surface area contributed by atoms with E-state index in [4.69, 9.17) is 4.74 Å². The number of hydrogen-bond donors (Lipinski definition) is 0. The summed E-state index contributed by atoms with van der Waals surface area (Å²) in [7, 11) is 0. The maximum atomic E-state index is 5.91. The van der Waals surface area contributed by atoms with Crippen molar-refractivity contribution in [3.8, 4) is 0 Å². The summed E-state index contributed by atoms with van der Waals surface area (Å²) in [5, 5.41) is 0. The van der Waals surface area contributed by atoms with Crippen LogP contribution in [-0.2, 0) is 4.74 Å². The minimum atomic E-state index is 0.167. The van der Waals surface area contributed by atoms with Crippen LogP contribution >= 0.6 is 0 Å². The molecule has 18 heavy (non-hydrogen) atoms. The van der Waals surface area contributed by atoms with Crippen LogP contribution in [0.3, 0.4) is 0 Å². The van der Waals surface area contributed by atoms with Crippen LogP contribution in [0.4, 0.5) is 0 Å². The van der Waals surface area contributed by atoms with E-state index in [1.165, 1.54) is 11.1 Å². The SMILES string of the molecule is C=C(CC)OC(C)C(c1ccc(C)cc1)C(C)C. The van der Waals surface area contributed by atoms with Gasteiger partial charge in [0.1, 0.15) is 6.10 Å². The van der Waals surface area contributed by atoms with E-state index in [-0.39, 0.29) is 6.10 Å². The zero-order valence-electron chi connectivity index (χ0n) is 12.4. The number of aryl methyl sites for hydroxylation is 1. The maximum Gasteiger partial charge on any atom is 0.102 e. The molecule has 2 atom stereocenters. The Kier molecular flexibility index (Phi) is 5.46. The van der Waals surface area contributed by atoms with E-state index in [0.29, 0.717) is 11.8 Å². The molecule has 0 aliphatic heterocycles. The van der Waals surface area contributed by atoms with Crippen LogP contribution < -0.4 is 0 Å². The average Bonchev–Trinajstić information content (AvgIpc) is 2.31. The van der Waals surface area contributed by atoms with E-state index in [1.807, 2.05) is 0 Å². The van der Waals surface area contributed by atoms with Gasteiger partial charge in [-0.3, -0.25) is 0 Å². The molecule has 0 fully saturated rings. The van der Waals surface area contributed by atoms with Gasteiger partial charge in [0.2, 0.25) is 0 Å². The number of benzene rings is 1. The third-order valence-electron chi connectivity index (χ3n) is 3.43. The Morgan fingerprint density at radius 2 is 1.72 bits per heavy atom. The van der Waals surface area contributed by atoms with Gasteiger partial charge >= 0.3 is 0 Å². The van der Waals surface area contributed by atoms with Gasteiger partial charge in [-0.25, -0.2) is 0 Å². The molecule has 0 saturated carbocycles. The summed E-state index contributed by atoms with van der Waals surface area (Å²) in [4.78, 5) is 0. The van der Waals surface area contributed by atoms with Gasteiger partial charge in [-0.2, -0.15) is 0 Å². The fraction of sp³-hybridized carbons (Fsp3) is 0.529. The molecule has 2 unspecified atom stereocenters. The minimum Gasteiger partial charge on any atom is -0.495 e. The first-order valence-electron chi connectivity index (χ1n) is 6.86. The van der Waals surface area contributed by atoms with Gasteiger partial charge in [-0.15, -0.1) is 0 Å². The molecule has 0 amide bonds. The normalized spacial score (nSPS) is 14.3. The molecule has 0 bridgehead atoms. The first-order chi connectivity index (χ1) is 8.45. The lowest BCUT2D eigenvalue weighted by molar-refractivity contribution is 0.0876. The molecule has 1 aromatic carbocycles. The van der Waals surface area contributed by atoms with Crippen molar-refractivity contribution in [3.63, 3.8) is 0 Å². The molecule has 0 N–H and O–H groups in total. The Morgan fingerprint density at radius 1 is 1.17 bits per heavy atom. The second-order valence-corrected chi connectivity index (χ2v) is 5.40. The zero-order chi connectivity index (χ0) is 13.7. The molecule has 1 heteroatoms. The highest BCUT2D eigenvalue weighted by molar-refractivity contribution is 5.25. The predicted octanol–water partition coefficient (Wildman–Crippen LogP) is 5.06. The van der Waals surface area contributed by atoms with Gasteiger partial charge in [0.05, 0.1) is 5.76 Å². The smallest absolute Gasteiger partial charge is 0.102 e. The largest absolute Gasteiger partial charge is 0.495 e. The monoisotopic (exact) mass is 246 g/mol. The van der Waals surface area contributed by atoms with E-state index in [1.54, 1.807) is 0 Å². The van der Waals surface area contributed by atoms with Gasteiger partial charge < -0.3 is 4.74 Å². The Balaban J connectivity index is 2.88. The highest BCUT2D eigenvalue weighted by Crippen LogP contribution is 2.31. The Labute approximate surface area is 112 Å². The standard InChI is InChI=1S/C17H26O/c1-7-14(5)18-15(6)17(12(2)3)16-10-8-13(4)9-11-16/h8-12,15,17H,5,7H2,1-4,6H3. The fourth-order valence-electron chi connectivity index (χ4n) is 2.41. The van der Waals surface area contributed by atoms with Crippen LogP contribution in [0.15, 0.2) is 36.6 Å². The van der Waals surface area contributed by atoms with Crippen LogP contribution in [0, 0.1) is 12.8 Å². The molecule has 0 radical (unpaired) electrons. The lowest BCUT2D eigenvalue weighted by atomic mass is 9.84. The molecule has 0 aromatic heterocycles. The van der Waals surface area contributed by atoms with Crippen molar-refractivity contribution in [1.82, 2.24) is 0 Å². The summed E-state index contributed by atoms with van der Waals surface area (Å²) in [6.07, 6.45) is 1.04. The van der Waals surface area contributed by atoms with Crippen LogP contribution in [0.2, 0.25) is 0 Å². The predicted molar refractivity (Wildman–Crippen MR) is 78.7 cm³/mol. The lowest BCUT2D eigenvalue weighted by Gasteiger charge is -2.29. The summed E-state index contributed by atoms with van der Waals surface area (Å²) in [6.45, 7) is 14.8. The average molecular weight is 246 g/mol. The molecular weight excluding hydrogens is 220 g/mol. The Morgan fingerprint density at radius 3 is 2.17 bits per heavy atom. The topological polar surface area (TPSA) is 9.23 Å². The highest BCUT2D eigenvalue weighted by Gasteiger charge is 2.24. The molecule has 1 aromatic rings. The number of ether oxygens (including phenoxy) is 1. The van der Waals surface area contributed by atoms with E-state index < -0.39 is 0 Å². The second-order valence-electron chi connectivity index (χ2n) is 5.40. The quantitative estimate of drug-likeness (QED) is 0.637. The molecule has 0 heterocycles. The zero-order valence-corrected chi connectivity index (χ0v) is 12.4. The van der Waals surface area contributed by atoms with Crippen molar-refractivity contribution < 1.29 is 4.74 Å². The van der Waals surface area contributed by atoms with E-state index in [2.05, 4.69) is 65.5 Å². The first-order valence-corrected chi connectivity index (χ1v) is 6.86. The summed E-state index contributed by atoms with van der Waals surface area (Å²) in [5.41, 5.74) is 2.65. The van der Waals surface area contributed by atoms with Gasteiger partial charge in [0.15, 0.2) is 0 Å². The van der Waals surface area contributed by atoms with Crippen molar-refractivity contribution in [1.29, 1.82) is 0 Å². The Bertz CT molecular complexity index is 375. The first kappa shape index (κ1) is 14.8. The van der Waals surface area contributed by atoms with Gasteiger partial charge in [-0.1, -0.05) is 57.2 Å². The number of allylic oxidation sites excluding steroid dienone is 1. The number of hydrogen-bond acceptors (Lipinski definition) is 1. The minimum absolute atomic E-state index is 0.167. The molecule has 0 saturated heterocycles. The van der Waals surface area contributed by atoms with Gasteiger partial charge in [-0.05, 0) is 25.3 Å². The maximum absolute atomic E-state index is 5.91. The van der Waals surface area contributed by atoms with Crippen molar-refractivity contribution in [3.05, 3.63) is 47.7 Å². The fourth-order valence-corrected chi connectivity index (χ4v) is 2.41. The summed E-state index contributed by atoms with van der Waals surface area (Å²) < 4.78 is 5.91. The van der Waals surface area contributed by atoms with E-state index in [0.717, 1.165) is 12.2 Å². The number of rotatable bonds is 6. The Hall–Kier alpha value is -1.24. The highest BCUT2D eigenvalue weighted by atomic mass is 16.5. The summed E-state index contributed by atoms with van der Waals surface area (Å²) in [6, 6.07) is 8.78. The molecule has 1 nitrogen and oxygen atoms in total. The molecule has 0 aliphatic rings. The van der Waals surface area contributed by atoms with E-state index >= 15 is 0 Å². The second kappa shape index (κ2) is 6.63. The van der Waals surface area contributed by atoms with Crippen molar-refractivity contribution >= 4 is 0 Å². The van der Waals surface area contributed by atoms with E-state index in [9.17, 15) is 0 Å². The summed E-state index contributed by atoms with van der Waals surface area (Å²) >= 11 is 0. The molecule has 0 aliphatic carbocycles. The third-order valence-corrected chi connectivity index (χ3v) is 3.43. The van der Waals surface area contributed by atoms with Crippen LogP contribution in [-0.4, -0.2) is 6.10 Å². The van der Waals surface area contributed by atoms with Crippen molar-refractivity contribution in [2.45, 2.75) is 53.1 Å². The third kappa shape index (κ3) is 3.90. The van der Waals surface area contributed by atoms with Crippen molar-refractivity contribution in [2.24, 2.45) is 5.92 Å². The van der Waals surface area contributed by atoms with Crippen LogP contribution in [0.5, 0.6) is 0 Å².